The lowest BCUT2D eigenvalue weighted by atomic mass is 10.3. The number of ether oxygens (including phenoxy) is 1. The van der Waals surface area contributed by atoms with Crippen molar-refractivity contribution in [1.29, 1.82) is 0 Å². The van der Waals surface area contributed by atoms with Crippen LogP contribution in [0.5, 0.6) is 0 Å². The Labute approximate surface area is 91.4 Å². The number of halogens is 1. The molecule has 0 bridgehead atoms. The van der Waals surface area contributed by atoms with Crippen LogP contribution in [0.15, 0.2) is 18.3 Å². The number of aromatic nitrogens is 2. The molecular weight excluding hydrogens is 216 g/mol. The number of hydrogen-bond acceptors (Lipinski definition) is 3. The highest BCUT2D eigenvalue weighted by Gasteiger charge is 2.15. The number of carbonyl (C=O) groups is 1. The number of pyridine rings is 1. The van der Waals surface area contributed by atoms with Crippen LogP contribution in [-0.2, 0) is 11.8 Å². The molecule has 2 rings (SSSR count). The zero-order valence-electron chi connectivity index (χ0n) is 8.32. The molecule has 0 spiro atoms. The van der Waals surface area contributed by atoms with E-state index >= 15 is 0 Å². The van der Waals surface area contributed by atoms with Crippen molar-refractivity contribution in [1.82, 2.24) is 9.55 Å². The average molecular weight is 225 g/mol. The van der Waals surface area contributed by atoms with Crippen LogP contribution in [0.3, 0.4) is 0 Å². The normalized spacial score (nSPS) is 10.6. The van der Waals surface area contributed by atoms with Crippen molar-refractivity contribution >= 4 is 28.5 Å². The minimum Gasteiger partial charge on any atom is -0.464 e. The van der Waals surface area contributed by atoms with E-state index in [1.807, 2.05) is 0 Å². The second kappa shape index (κ2) is 3.55. The fourth-order valence-electron chi connectivity index (χ4n) is 1.56. The molecule has 0 unspecified atom stereocenters. The van der Waals surface area contributed by atoms with Gasteiger partial charge in [0.1, 0.15) is 5.69 Å². The van der Waals surface area contributed by atoms with E-state index in [0.29, 0.717) is 10.8 Å². The molecule has 0 N–H and O–H groups in total. The fourth-order valence-corrected chi connectivity index (χ4v) is 1.85. The summed E-state index contributed by atoms with van der Waals surface area (Å²) in [5, 5.41) is 1.25. The SMILES string of the molecule is COC(=O)c1cc2ccnc(Cl)c2n1C. The van der Waals surface area contributed by atoms with Gasteiger partial charge in [0, 0.05) is 18.6 Å². The summed E-state index contributed by atoms with van der Waals surface area (Å²) in [6, 6.07) is 3.53. The largest absolute Gasteiger partial charge is 0.464 e. The second-order valence-electron chi connectivity index (χ2n) is 3.12. The summed E-state index contributed by atoms with van der Waals surface area (Å²) in [4.78, 5) is 15.4. The average Bonchev–Trinajstić information content (AvgIpc) is 2.56. The monoisotopic (exact) mass is 224 g/mol. The van der Waals surface area contributed by atoms with Crippen LogP contribution < -0.4 is 0 Å². The quantitative estimate of drug-likeness (QED) is 0.550. The zero-order valence-corrected chi connectivity index (χ0v) is 9.08. The number of nitrogens with zero attached hydrogens (tertiary/aromatic N) is 2. The van der Waals surface area contributed by atoms with Crippen molar-refractivity contribution in [2.45, 2.75) is 0 Å². The molecule has 5 heteroatoms. The van der Waals surface area contributed by atoms with Crippen molar-refractivity contribution in [2.24, 2.45) is 7.05 Å². The topological polar surface area (TPSA) is 44.1 Å². The Morgan fingerprint density at radius 3 is 2.93 bits per heavy atom. The Morgan fingerprint density at radius 2 is 2.33 bits per heavy atom. The number of hydrogen-bond donors (Lipinski definition) is 0. The van der Waals surface area contributed by atoms with Crippen LogP contribution in [-0.4, -0.2) is 22.6 Å². The number of esters is 1. The van der Waals surface area contributed by atoms with E-state index in [2.05, 4.69) is 9.72 Å². The number of carbonyl (C=O) groups excluding carboxylic acids is 1. The minimum atomic E-state index is -0.384. The maximum absolute atomic E-state index is 11.4. The highest BCUT2D eigenvalue weighted by Crippen LogP contribution is 2.24. The van der Waals surface area contributed by atoms with Gasteiger partial charge in [0.25, 0.3) is 0 Å². The third kappa shape index (κ3) is 1.47. The van der Waals surface area contributed by atoms with Gasteiger partial charge in [-0.25, -0.2) is 9.78 Å². The lowest BCUT2D eigenvalue weighted by Crippen LogP contribution is -2.07. The van der Waals surface area contributed by atoms with Crippen LogP contribution in [0.2, 0.25) is 5.15 Å². The predicted molar refractivity (Wildman–Crippen MR) is 57.1 cm³/mol. The van der Waals surface area contributed by atoms with E-state index in [-0.39, 0.29) is 5.97 Å². The maximum atomic E-state index is 11.4. The first-order valence-electron chi connectivity index (χ1n) is 4.33. The molecule has 2 aromatic rings. The van der Waals surface area contributed by atoms with E-state index in [1.54, 1.807) is 29.9 Å². The number of methoxy groups -OCH3 is 1. The summed E-state index contributed by atoms with van der Waals surface area (Å²) in [6.07, 6.45) is 1.60. The van der Waals surface area contributed by atoms with Crippen molar-refractivity contribution in [3.8, 4) is 0 Å². The maximum Gasteiger partial charge on any atom is 0.354 e. The molecule has 2 aromatic heterocycles. The fraction of sp³-hybridized carbons (Fsp3) is 0.200. The third-order valence-electron chi connectivity index (χ3n) is 2.29. The van der Waals surface area contributed by atoms with Gasteiger partial charge in [-0.15, -0.1) is 0 Å². The van der Waals surface area contributed by atoms with Gasteiger partial charge in [0.15, 0.2) is 5.15 Å². The first-order valence-corrected chi connectivity index (χ1v) is 4.71. The van der Waals surface area contributed by atoms with Gasteiger partial charge in [-0.3, -0.25) is 0 Å². The molecule has 0 aliphatic carbocycles. The van der Waals surface area contributed by atoms with Crippen molar-refractivity contribution in [3.05, 3.63) is 29.2 Å². The van der Waals surface area contributed by atoms with Gasteiger partial charge in [-0.2, -0.15) is 0 Å². The molecule has 15 heavy (non-hydrogen) atoms. The number of rotatable bonds is 1. The molecule has 78 valence electrons. The summed E-state index contributed by atoms with van der Waals surface area (Å²) < 4.78 is 6.34. The Kier molecular flexibility index (Phi) is 2.36. The van der Waals surface area contributed by atoms with Gasteiger partial charge < -0.3 is 9.30 Å². The van der Waals surface area contributed by atoms with Gasteiger partial charge in [-0.05, 0) is 12.1 Å². The molecule has 4 nitrogen and oxygen atoms in total. The molecule has 0 amide bonds. The van der Waals surface area contributed by atoms with E-state index < -0.39 is 0 Å². The summed E-state index contributed by atoms with van der Waals surface area (Å²) >= 11 is 5.94. The second-order valence-corrected chi connectivity index (χ2v) is 3.48. The Balaban J connectivity index is 2.75. The highest BCUT2D eigenvalue weighted by atomic mass is 35.5. The Bertz CT molecular complexity index is 533. The molecule has 0 atom stereocenters. The van der Waals surface area contributed by atoms with Gasteiger partial charge in [0.2, 0.25) is 0 Å². The van der Waals surface area contributed by atoms with Crippen LogP contribution in [0.4, 0.5) is 0 Å². The lowest BCUT2D eigenvalue weighted by molar-refractivity contribution is 0.0590. The van der Waals surface area contributed by atoms with Crippen LogP contribution >= 0.6 is 11.6 Å². The smallest absolute Gasteiger partial charge is 0.354 e. The number of aryl methyl sites for hydroxylation is 1. The zero-order chi connectivity index (χ0) is 11.0. The first kappa shape index (κ1) is 9.98. The lowest BCUT2D eigenvalue weighted by Gasteiger charge is -2.02. The van der Waals surface area contributed by atoms with Crippen molar-refractivity contribution in [3.63, 3.8) is 0 Å². The highest BCUT2D eigenvalue weighted by molar-refractivity contribution is 6.34. The molecule has 0 aromatic carbocycles. The molecule has 0 fully saturated rings. The van der Waals surface area contributed by atoms with E-state index in [4.69, 9.17) is 11.6 Å². The van der Waals surface area contributed by atoms with Crippen LogP contribution in [0.1, 0.15) is 10.5 Å². The molecule has 0 saturated heterocycles. The third-order valence-corrected chi connectivity index (χ3v) is 2.57. The molecule has 2 heterocycles. The molecule has 0 aliphatic rings. The predicted octanol–water partition coefficient (Wildman–Crippen LogP) is 2.01. The van der Waals surface area contributed by atoms with E-state index in [1.165, 1.54) is 7.11 Å². The van der Waals surface area contributed by atoms with Crippen molar-refractivity contribution in [2.75, 3.05) is 7.11 Å². The Morgan fingerprint density at radius 1 is 1.60 bits per heavy atom. The van der Waals surface area contributed by atoms with Gasteiger partial charge in [-0.1, -0.05) is 11.6 Å². The number of fused-ring (bicyclic) bond motifs is 1. The minimum absolute atomic E-state index is 0.380. The van der Waals surface area contributed by atoms with E-state index in [9.17, 15) is 4.79 Å². The summed E-state index contributed by atoms with van der Waals surface area (Å²) in [7, 11) is 3.10. The summed E-state index contributed by atoms with van der Waals surface area (Å²) in [5.74, 6) is -0.384. The standard InChI is InChI=1S/C10H9ClN2O2/c1-13-7(10(14)15-2)5-6-3-4-12-9(11)8(6)13/h3-5H,1-2H3. The van der Waals surface area contributed by atoms with Gasteiger partial charge >= 0.3 is 5.97 Å². The first-order chi connectivity index (χ1) is 7.15. The van der Waals surface area contributed by atoms with Crippen LogP contribution in [0.25, 0.3) is 10.9 Å². The summed E-state index contributed by atoms with van der Waals surface area (Å²) in [6.45, 7) is 0. The van der Waals surface area contributed by atoms with Gasteiger partial charge in [0.05, 0.1) is 12.6 Å². The molecule has 0 saturated carbocycles. The van der Waals surface area contributed by atoms with E-state index in [0.717, 1.165) is 10.9 Å². The molecule has 0 radical (unpaired) electrons. The molecule has 0 aliphatic heterocycles. The van der Waals surface area contributed by atoms with Crippen molar-refractivity contribution < 1.29 is 9.53 Å². The molecular formula is C10H9ClN2O2. The van der Waals surface area contributed by atoms with Crippen LogP contribution in [0, 0.1) is 0 Å². The Hall–Kier alpha value is -1.55. The summed E-state index contributed by atoms with van der Waals surface area (Å²) in [5.41, 5.74) is 1.20.